The Labute approximate surface area is 197 Å². The second-order valence-electron chi connectivity index (χ2n) is 7.77. The number of hydrogen-bond acceptors (Lipinski definition) is 7. The Balaban J connectivity index is 1.71. The number of allylic oxidation sites excluding steroid dienone is 1. The molecule has 1 aromatic heterocycles. The molecule has 172 valence electrons. The van der Waals surface area contributed by atoms with Crippen LogP contribution in [0, 0.1) is 17.1 Å². The molecule has 3 aromatic rings. The number of nitrogens with zero attached hydrogens (tertiary/aromatic N) is 4. The van der Waals surface area contributed by atoms with Crippen LogP contribution in [0.2, 0.25) is 0 Å². The van der Waals surface area contributed by atoms with E-state index in [2.05, 4.69) is 15.2 Å². The summed E-state index contributed by atoms with van der Waals surface area (Å²) in [5.74, 6) is 0.570. The zero-order valence-corrected chi connectivity index (χ0v) is 18.8. The monoisotopic (exact) mass is 457 g/mol. The summed E-state index contributed by atoms with van der Waals surface area (Å²) < 4.78 is 19.4. The van der Waals surface area contributed by atoms with E-state index in [1.165, 1.54) is 12.1 Å². The van der Waals surface area contributed by atoms with Crippen LogP contribution in [0.1, 0.15) is 24.5 Å². The second kappa shape index (κ2) is 10.7. The van der Waals surface area contributed by atoms with E-state index in [1.54, 1.807) is 24.4 Å². The van der Waals surface area contributed by atoms with Crippen LogP contribution in [0.5, 0.6) is 0 Å². The number of hydrogen-bond donors (Lipinski definition) is 1. The van der Waals surface area contributed by atoms with Gasteiger partial charge in [-0.1, -0.05) is 31.2 Å². The minimum atomic E-state index is -0.516. The van der Waals surface area contributed by atoms with Crippen LogP contribution in [-0.2, 0) is 9.53 Å². The van der Waals surface area contributed by atoms with E-state index in [9.17, 15) is 9.18 Å². The first-order valence-electron chi connectivity index (χ1n) is 11.0. The third-order valence-electron chi connectivity index (χ3n) is 5.37. The summed E-state index contributed by atoms with van der Waals surface area (Å²) in [4.78, 5) is 23.0. The molecule has 0 bridgehead atoms. The van der Waals surface area contributed by atoms with E-state index >= 15 is 0 Å². The van der Waals surface area contributed by atoms with Crippen molar-refractivity contribution < 1.29 is 13.9 Å². The highest BCUT2D eigenvalue weighted by Gasteiger charge is 2.19. The van der Waals surface area contributed by atoms with Gasteiger partial charge in [-0.2, -0.15) is 10.2 Å². The average molecular weight is 458 g/mol. The summed E-state index contributed by atoms with van der Waals surface area (Å²) in [6.07, 6.45) is 5.57. The number of ether oxygens (including phenoxy) is 1. The Morgan fingerprint density at radius 1 is 1.26 bits per heavy atom. The number of morpholine rings is 1. The summed E-state index contributed by atoms with van der Waals surface area (Å²) in [5, 5.41) is 12.1. The van der Waals surface area contributed by atoms with E-state index in [0.29, 0.717) is 44.4 Å². The molecule has 8 heteroatoms. The third-order valence-corrected chi connectivity index (χ3v) is 5.37. The molecule has 1 fully saturated rings. The van der Waals surface area contributed by atoms with Crippen LogP contribution in [0.4, 0.5) is 21.8 Å². The highest BCUT2D eigenvalue weighted by molar-refractivity contribution is 5.93. The molecule has 1 aliphatic heterocycles. The molecule has 0 saturated carbocycles. The van der Waals surface area contributed by atoms with E-state index in [4.69, 9.17) is 15.0 Å². The molecule has 0 unspecified atom stereocenters. The second-order valence-corrected chi connectivity index (χ2v) is 7.77. The molecule has 0 radical (unpaired) electrons. The predicted octanol–water partition coefficient (Wildman–Crippen LogP) is 4.73. The van der Waals surface area contributed by atoms with E-state index < -0.39 is 5.82 Å². The number of nitrogens with one attached hydrogen (secondary N) is 1. The third kappa shape index (κ3) is 5.63. The van der Waals surface area contributed by atoms with Crippen LogP contribution < -0.4 is 10.2 Å². The summed E-state index contributed by atoms with van der Waals surface area (Å²) >= 11 is 0. The molecule has 34 heavy (non-hydrogen) atoms. The molecule has 0 spiro atoms. The first-order chi connectivity index (χ1) is 16.6. The standard InChI is InChI=1S/C26H24FN5O2/c1-2-23(33)7-6-18-4-3-5-20(12-18)24-17-29-26(31-25(24)32-8-10-34-11-9-32)30-22-14-19(16-28)13-21(27)15-22/h3-7,12-15,17H,2,8-11H2,1H3,(H,29,30,31)/b7-6+. The first-order valence-corrected chi connectivity index (χ1v) is 11.0. The van der Waals surface area contributed by atoms with Crippen molar-refractivity contribution in [3.8, 4) is 17.2 Å². The van der Waals surface area contributed by atoms with Gasteiger partial charge in [-0.25, -0.2) is 9.37 Å². The first kappa shape index (κ1) is 23.1. The highest BCUT2D eigenvalue weighted by atomic mass is 19.1. The summed E-state index contributed by atoms with van der Waals surface area (Å²) in [7, 11) is 0. The van der Waals surface area contributed by atoms with Crippen LogP contribution in [0.25, 0.3) is 17.2 Å². The van der Waals surface area contributed by atoms with Gasteiger partial charge in [0.05, 0.1) is 24.8 Å². The number of nitriles is 1. The summed E-state index contributed by atoms with van der Waals surface area (Å²) in [6.45, 7) is 4.35. The Kier molecular flexibility index (Phi) is 7.25. The van der Waals surface area contributed by atoms with Gasteiger partial charge >= 0.3 is 0 Å². The zero-order chi connectivity index (χ0) is 23.9. The van der Waals surface area contributed by atoms with Crippen LogP contribution in [0.3, 0.4) is 0 Å². The van der Waals surface area contributed by atoms with Crippen molar-refractivity contribution in [3.05, 3.63) is 71.7 Å². The lowest BCUT2D eigenvalue weighted by atomic mass is 10.0. The maximum Gasteiger partial charge on any atom is 0.229 e. The lowest BCUT2D eigenvalue weighted by Gasteiger charge is -2.29. The Morgan fingerprint density at radius 3 is 2.85 bits per heavy atom. The highest BCUT2D eigenvalue weighted by Crippen LogP contribution is 2.31. The van der Waals surface area contributed by atoms with Gasteiger partial charge in [0.2, 0.25) is 5.95 Å². The maximum atomic E-state index is 13.9. The molecule has 7 nitrogen and oxygen atoms in total. The van der Waals surface area contributed by atoms with Crippen molar-refractivity contribution >= 4 is 29.3 Å². The molecule has 2 aromatic carbocycles. The van der Waals surface area contributed by atoms with Gasteiger partial charge in [0.1, 0.15) is 11.6 Å². The number of halogens is 1. The van der Waals surface area contributed by atoms with Crippen LogP contribution in [0.15, 0.2) is 54.7 Å². The maximum absolute atomic E-state index is 13.9. The van der Waals surface area contributed by atoms with E-state index in [1.807, 2.05) is 37.3 Å². The number of anilines is 3. The van der Waals surface area contributed by atoms with Crippen LogP contribution in [-0.4, -0.2) is 42.1 Å². The largest absolute Gasteiger partial charge is 0.378 e. The summed E-state index contributed by atoms with van der Waals surface area (Å²) in [6, 6.07) is 13.8. The molecule has 0 atom stereocenters. The van der Waals surface area contributed by atoms with Crippen molar-refractivity contribution in [2.45, 2.75) is 13.3 Å². The number of carbonyl (C=O) groups is 1. The molecule has 1 aliphatic rings. The fourth-order valence-electron chi connectivity index (χ4n) is 3.63. The smallest absolute Gasteiger partial charge is 0.229 e. The molecule has 1 saturated heterocycles. The number of aromatic nitrogens is 2. The molecule has 0 aliphatic carbocycles. The zero-order valence-electron chi connectivity index (χ0n) is 18.8. The minimum Gasteiger partial charge on any atom is -0.378 e. The van der Waals surface area contributed by atoms with Gasteiger partial charge in [0, 0.05) is 37.0 Å². The Bertz CT molecular complexity index is 1260. The lowest BCUT2D eigenvalue weighted by molar-refractivity contribution is -0.114. The van der Waals surface area contributed by atoms with Crippen molar-refractivity contribution in [2.75, 3.05) is 36.5 Å². The topological polar surface area (TPSA) is 91.1 Å². The Morgan fingerprint density at radius 2 is 2.09 bits per heavy atom. The van der Waals surface area contributed by atoms with Gasteiger partial charge in [0.25, 0.3) is 0 Å². The quantitative estimate of drug-likeness (QED) is 0.513. The average Bonchev–Trinajstić information content (AvgIpc) is 2.87. The summed E-state index contributed by atoms with van der Waals surface area (Å²) in [5.41, 5.74) is 3.25. The number of ketones is 1. The normalized spacial score (nSPS) is 13.6. The molecule has 1 N–H and O–H groups in total. The number of benzene rings is 2. The number of rotatable bonds is 7. The van der Waals surface area contributed by atoms with E-state index in [0.717, 1.165) is 22.5 Å². The van der Waals surface area contributed by atoms with Gasteiger partial charge in [0.15, 0.2) is 5.78 Å². The SMILES string of the molecule is CCC(=O)/C=C/c1cccc(-c2cnc(Nc3cc(F)cc(C#N)c3)nc2N2CCOCC2)c1. The predicted molar refractivity (Wildman–Crippen MR) is 129 cm³/mol. The van der Waals surface area contributed by atoms with Gasteiger partial charge in [-0.15, -0.1) is 0 Å². The molecular weight excluding hydrogens is 433 g/mol. The van der Waals surface area contributed by atoms with Gasteiger partial charge in [-0.05, 0) is 41.5 Å². The number of carbonyl (C=O) groups excluding carboxylic acids is 1. The molecule has 2 heterocycles. The van der Waals surface area contributed by atoms with Crippen molar-refractivity contribution in [2.24, 2.45) is 0 Å². The van der Waals surface area contributed by atoms with Crippen molar-refractivity contribution in [1.82, 2.24) is 9.97 Å². The Hall–Kier alpha value is -4.09. The fraction of sp³-hybridized carbons (Fsp3) is 0.231. The lowest BCUT2D eigenvalue weighted by Crippen LogP contribution is -2.37. The molecular formula is C26H24FN5O2. The van der Waals surface area contributed by atoms with Crippen molar-refractivity contribution in [1.29, 1.82) is 5.26 Å². The van der Waals surface area contributed by atoms with Gasteiger partial charge < -0.3 is 15.0 Å². The van der Waals surface area contributed by atoms with Crippen LogP contribution >= 0.6 is 0 Å². The molecule has 4 rings (SSSR count). The van der Waals surface area contributed by atoms with Gasteiger partial charge in [-0.3, -0.25) is 4.79 Å². The van der Waals surface area contributed by atoms with Crippen molar-refractivity contribution in [3.63, 3.8) is 0 Å². The fourth-order valence-corrected chi connectivity index (χ4v) is 3.63. The van der Waals surface area contributed by atoms with E-state index in [-0.39, 0.29) is 11.3 Å². The molecule has 0 amide bonds. The minimum absolute atomic E-state index is 0.0649.